The number of sulfonamides is 1. The zero-order chi connectivity index (χ0) is 17.6. The number of carbonyl (C=O) groups is 1. The molecule has 0 aliphatic rings. The van der Waals surface area contributed by atoms with Gasteiger partial charge in [-0.25, -0.2) is 13.6 Å². The van der Waals surface area contributed by atoms with Crippen LogP contribution in [0.2, 0.25) is 0 Å². The Bertz CT molecular complexity index is 772. The van der Waals surface area contributed by atoms with E-state index in [0.717, 1.165) is 24.0 Å². The topological polar surface area (TPSA) is 89.3 Å². The van der Waals surface area contributed by atoms with Gasteiger partial charge in [0.1, 0.15) is 0 Å². The first-order valence-corrected chi connectivity index (χ1v) is 9.41. The van der Waals surface area contributed by atoms with Crippen LogP contribution in [-0.2, 0) is 21.4 Å². The number of amides is 1. The smallest absolute Gasteiger partial charge is 0.238 e. The van der Waals surface area contributed by atoms with E-state index in [9.17, 15) is 13.2 Å². The summed E-state index contributed by atoms with van der Waals surface area (Å²) in [5.74, 6) is -0.210. The van der Waals surface area contributed by atoms with Crippen LogP contribution in [0.3, 0.4) is 0 Å². The molecule has 6 heteroatoms. The Kier molecular flexibility index (Phi) is 6.11. The van der Waals surface area contributed by atoms with Gasteiger partial charge >= 0.3 is 0 Å². The predicted molar refractivity (Wildman–Crippen MR) is 93.8 cm³/mol. The molecule has 24 heavy (non-hydrogen) atoms. The van der Waals surface area contributed by atoms with Crippen LogP contribution in [-0.4, -0.2) is 14.3 Å². The molecule has 1 atom stereocenters. The van der Waals surface area contributed by atoms with Crippen molar-refractivity contribution in [2.75, 3.05) is 0 Å². The van der Waals surface area contributed by atoms with Crippen LogP contribution in [0.4, 0.5) is 0 Å². The lowest BCUT2D eigenvalue weighted by Crippen LogP contribution is -2.29. The lowest BCUT2D eigenvalue weighted by atomic mass is 9.93. The number of hydrogen-bond donors (Lipinski definition) is 2. The van der Waals surface area contributed by atoms with Crippen molar-refractivity contribution in [3.8, 4) is 0 Å². The summed E-state index contributed by atoms with van der Waals surface area (Å²) < 4.78 is 22.5. The van der Waals surface area contributed by atoms with Crippen molar-refractivity contribution in [3.05, 3.63) is 65.7 Å². The van der Waals surface area contributed by atoms with Gasteiger partial charge < -0.3 is 5.32 Å². The fourth-order valence-corrected chi connectivity index (χ4v) is 3.05. The van der Waals surface area contributed by atoms with Crippen molar-refractivity contribution in [2.24, 2.45) is 5.14 Å². The van der Waals surface area contributed by atoms with Crippen LogP contribution in [0.15, 0.2) is 59.5 Å². The maximum absolute atomic E-state index is 12.5. The minimum absolute atomic E-state index is 0.0291. The van der Waals surface area contributed by atoms with Crippen LogP contribution in [0.25, 0.3) is 0 Å². The molecule has 0 unspecified atom stereocenters. The van der Waals surface area contributed by atoms with Gasteiger partial charge in [0.25, 0.3) is 0 Å². The van der Waals surface area contributed by atoms with Gasteiger partial charge in [0.15, 0.2) is 0 Å². The minimum Gasteiger partial charge on any atom is -0.351 e. The van der Waals surface area contributed by atoms with Crippen molar-refractivity contribution in [2.45, 2.75) is 37.1 Å². The maximum atomic E-state index is 12.5. The van der Waals surface area contributed by atoms with E-state index < -0.39 is 10.0 Å². The van der Waals surface area contributed by atoms with Crippen molar-refractivity contribution >= 4 is 15.9 Å². The average Bonchev–Trinajstić information content (AvgIpc) is 2.58. The van der Waals surface area contributed by atoms with Gasteiger partial charge in [-0.1, -0.05) is 55.8 Å². The SMILES string of the molecule is CCC[C@@H](C(=O)NCc1ccc(S(N)(=O)=O)cc1)c1ccccc1. The molecule has 0 spiro atoms. The van der Waals surface area contributed by atoms with Crippen molar-refractivity contribution in [1.29, 1.82) is 0 Å². The van der Waals surface area contributed by atoms with Gasteiger partial charge in [0.05, 0.1) is 10.8 Å². The fourth-order valence-electron chi connectivity index (χ4n) is 2.53. The molecule has 0 bridgehead atoms. The first kappa shape index (κ1) is 18.2. The molecule has 0 radical (unpaired) electrons. The molecule has 0 saturated heterocycles. The number of carbonyl (C=O) groups excluding carboxylic acids is 1. The van der Waals surface area contributed by atoms with Crippen LogP contribution in [0.5, 0.6) is 0 Å². The summed E-state index contributed by atoms with van der Waals surface area (Å²) in [6.45, 7) is 2.39. The Hall–Kier alpha value is -2.18. The Morgan fingerprint density at radius 2 is 1.71 bits per heavy atom. The molecule has 0 fully saturated rings. The number of nitrogens with two attached hydrogens (primary N) is 1. The summed E-state index contributed by atoms with van der Waals surface area (Å²) >= 11 is 0. The molecule has 5 nitrogen and oxygen atoms in total. The molecule has 0 aromatic heterocycles. The molecule has 2 aromatic carbocycles. The largest absolute Gasteiger partial charge is 0.351 e. The van der Waals surface area contributed by atoms with Gasteiger partial charge in [0.2, 0.25) is 15.9 Å². The Balaban J connectivity index is 2.03. The van der Waals surface area contributed by atoms with E-state index in [2.05, 4.69) is 12.2 Å². The highest BCUT2D eigenvalue weighted by molar-refractivity contribution is 7.89. The zero-order valence-electron chi connectivity index (χ0n) is 13.6. The highest BCUT2D eigenvalue weighted by Gasteiger charge is 2.19. The van der Waals surface area contributed by atoms with Crippen LogP contribution in [0, 0.1) is 0 Å². The number of rotatable bonds is 7. The molecule has 0 aliphatic heterocycles. The molecule has 0 aliphatic carbocycles. The van der Waals surface area contributed by atoms with E-state index in [4.69, 9.17) is 5.14 Å². The van der Waals surface area contributed by atoms with Gasteiger partial charge in [-0.2, -0.15) is 0 Å². The van der Waals surface area contributed by atoms with Gasteiger partial charge in [-0.05, 0) is 29.7 Å². The second-order valence-corrected chi connectivity index (χ2v) is 7.22. The standard InChI is InChI=1S/C18H22N2O3S/c1-2-6-17(15-7-4-3-5-8-15)18(21)20-13-14-9-11-16(12-10-14)24(19,22)23/h3-5,7-12,17H,2,6,13H2,1H3,(H,20,21)(H2,19,22,23)/t17-/m1/s1. The molecular formula is C18H22N2O3S. The number of primary sulfonamides is 1. The molecule has 3 N–H and O–H groups in total. The van der Waals surface area contributed by atoms with Gasteiger partial charge in [-0.3, -0.25) is 4.79 Å². The second kappa shape index (κ2) is 8.08. The molecule has 2 rings (SSSR count). The summed E-state index contributed by atoms with van der Waals surface area (Å²) in [5, 5.41) is 7.99. The number of hydrogen-bond acceptors (Lipinski definition) is 3. The molecule has 0 heterocycles. The number of benzene rings is 2. The Morgan fingerprint density at radius 1 is 1.08 bits per heavy atom. The summed E-state index contributed by atoms with van der Waals surface area (Å²) in [6.07, 6.45) is 1.69. The van der Waals surface area contributed by atoms with Gasteiger partial charge in [0, 0.05) is 6.54 Å². The Labute approximate surface area is 142 Å². The predicted octanol–water partition coefficient (Wildman–Crippen LogP) is 2.53. The van der Waals surface area contributed by atoms with Gasteiger partial charge in [-0.15, -0.1) is 0 Å². The molecule has 2 aromatic rings. The third-order valence-corrected chi connectivity index (χ3v) is 4.74. The van der Waals surface area contributed by atoms with Crippen molar-refractivity contribution in [1.82, 2.24) is 5.32 Å². The van der Waals surface area contributed by atoms with E-state index in [1.807, 2.05) is 30.3 Å². The third kappa shape index (κ3) is 4.91. The lowest BCUT2D eigenvalue weighted by molar-refractivity contribution is -0.122. The van der Waals surface area contributed by atoms with Crippen LogP contribution in [0.1, 0.15) is 36.8 Å². The van der Waals surface area contributed by atoms with E-state index in [-0.39, 0.29) is 16.7 Å². The van der Waals surface area contributed by atoms with Crippen LogP contribution < -0.4 is 10.5 Å². The monoisotopic (exact) mass is 346 g/mol. The van der Waals surface area contributed by atoms with Crippen molar-refractivity contribution in [3.63, 3.8) is 0 Å². The summed E-state index contributed by atoms with van der Waals surface area (Å²) in [6, 6.07) is 15.9. The first-order valence-electron chi connectivity index (χ1n) is 7.86. The third-order valence-electron chi connectivity index (χ3n) is 3.81. The average molecular weight is 346 g/mol. The van der Waals surface area contributed by atoms with Crippen LogP contribution >= 0.6 is 0 Å². The molecule has 128 valence electrons. The molecule has 1 amide bonds. The zero-order valence-corrected chi connectivity index (χ0v) is 14.4. The highest BCUT2D eigenvalue weighted by atomic mass is 32.2. The van der Waals surface area contributed by atoms with E-state index in [0.29, 0.717) is 6.54 Å². The minimum atomic E-state index is -3.70. The first-order chi connectivity index (χ1) is 11.4. The van der Waals surface area contributed by atoms with E-state index in [1.54, 1.807) is 12.1 Å². The maximum Gasteiger partial charge on any atom is 0.238 e. The Morgan fingerprint density at radius 3 is 2.25 bits per heavy atom. The lowest BCUT2D eigenvalue weighted by Gasteiger charge is -2.16. The summed E-state index contributed by atoms with van der Waals surface area (Å²) in [4.78, 5) is 12.6. The molecule has 0 saturated carbocycles. The second-order valence-electron chi connectivity index (χ2n) is 5.66. The molecular weight excluding hydrogens is 324 g/mol. The summed E-state index contributed by atoms with van der Waals surface area (Å²) in [5.41, 5.74) is 1.82. The fraction of sp³-hybridized carbons (Fsp3) is 0.278. The quantitative estimate of drug-likeness (QED) is 0.807. The van der Waals surface area contributed by atoms with E-state index >= 15 is 0 Å². The number of nitrogens with one attached hydrogen (secondary N) is 1. The van der Waals surface area contributed by atoms with Crippen molar-refractivity contribution < 1.29 is 13.2 Å². The normalized spacial score (nSPS) is 12.6. The van der Waals surface area contributed by atoms with E-state index in [1.165, 1.54) is 12.1 Å². The highest BCUT2D eigenvalue weighted by Crippen LogP contribution is 2.21. The summed E-state index contributed by atoms with van der Waals surface area (Å²) in [7, 11) is -3.70.